The van der Waals surface area contributed by atoms with Gasteiger partial charge in [0.25, 0.3) is 0 Å². The van der Waals surface area contributed by atoms with Crippen LogP contribution in [0.1, 0.15) is 46.5 Å². The van der Waals surface area contributed by atoms with Gasteiger partial charge < -0.3 is 5.32 Å². The van der Waals surface area contributed by atoms with Crippen LogP contribution in [0.2, 0.25) is 0 Å². The van der Waals surface area contributed by atoms with Crippen LogP contribution in [-0.2, 0) is 0 Å². The molecule has 96 valence electrons. The summed E-state index contributed by atoms with van der Waals surface area (Å²) in [6, 6.07) is 4.02. The Hall–Kier alpha value is -0.570. The average Bonchev–Trinajstić information content (AvgIpc) is 2.29. The van der Waals surface area contributed by atoms with Gasteiger partial charge in [-0.3, -0.25) is 0 Å². The van der Waals surface area contributed by atoms with E-state index in [-0.39, 0.29) is 0 Å². The van der Waals surface area contributed by atoms with E-state index in [1.54, 1.807) is 0 Å². The molecule has 0 saturated carbocycles. The molecule has 0 aliphatic rings. The van der Waals surface area contributed by atoms with Gasteiger partial charge in [0.15, 0.2) is 0 Å². The van der Waals surface area contributed by atoms with Crippen LogP contribution < -0.4 is 5.32 Å². The number of aromatic nitrogens is 1. The molecule has 0 aliphatic carbocycles. The first-order chi connectivity index (χ1) is 8.03. The molecule has 3 heteroatoms. The van der Waals surface area contributed by atoms with Crippen LogP contribution in [-0.4, -0.2) is 11.5 Å². The molecule has 0 spiro atoms. The van der Waals surface area contributed by atoms with E-state index in [9.17, 15) is 0 Å². The van der Waals surface area contributed by atoms with Crippen molar-refractivity contribution >= 4 is 21.7 Å². The van der Waals surface area contributed by atoms with Gasteiger partial charge in [0.05, 0.1) is 0 Å². The van der Waals surface area contributed by atoms with E-state index in [0.717, 1.165) is 16.8 Å². The van der Waals surface area contributed by atoms with Gasteiger partial charge in [-0.1, -0.05) is 40.0 Å². The van der Waals surface area contributed by atoms with Gasteiger partial charge in [0.2, 0.25) is 0 Å². The van der Waals surface area contributed by atoms with E-state index in [0.29, 0.717) is 5.41 Å². The summed E-state index contributed by atoms with van der Waals surface area (Å²) in [6.45, 7) is 7.85. The topological polar surface area (TPSA) is 24.9 Å². The molecule has 17 heavy (non-hydrogen) atoms. The first kappa shape index (κ1) is 14.5. The lowest BCUT2D eigenvalue weighted by molar-refractivity contribution is 0.342. The summed E-state index contributed by atoms with van der Waals surface area (Å²) in [5, 5.41) is 3.41. The Bertz CT molecular complexity index is 319. The minimum atomic E-state index is 0.337. The molecule has 1 aromatic rings. The third kappa shape index (κ3) is 6.06. The highest BCUT2D eigenvalue weighted by Gasteiger charge is 2.16. The normalized spacial score (nSPS) is 11.5. The molecule has 1 N–H and O–H groups in total. The van der Waals surface area contributed by atoms with Crippen LogP contribution in [0.25, 0.3) is 0 Å². The Morgan fingerprint density at radius 2 is 2.06 bits per heavy atom. The zero-order valence-corrected chi connectivity index (χ0v) is 12.7. The number of halogens is 1. The molecule has 0 atom stereocenters. The van der Waals surface area contributed by atoms with Gasteiger partial charge in [-0.15, -0.1) is 0 Å². The minimum absolute atomic E-state index is 0.337. The highest BCUT2D eigenvalue weighted by molar-refractivity contribution is 9.10. The lowest BCUT2D eigenvalue weighted by atomic mass is 9.87. The smallest absolute Gasteiger partial charge is 0.125 e. The molecule has 0 fully saturated rings. The maximum absolute atomic E-state index is 4.32. The number of anilines is 1. The molecule has 1 aromatic heterocycles. The van der Waals surface area contributed by atoms with Crippen molar-refractivity contribution in [3.8, 4) is 0 Å². The molecule has 0 aromatic carbocycles. The fraction of sp³-hybridized carbons (Fsp3) is 0.643. The maximum atomic E-state index is 4.32. The van der Waals surface area contributed by atoms with Gasteiger partial charge >= 0.3 is 0 Å². The molecule has 0 unspecified atom stereocenters. The van der Waals surface area contributed by atoms with Gasteiger partial charge in [-0.05, 0) is 39.9 Å². The van der Waals surface area contributed by atoms with E-state index in [2.05, 4.69) is 47.0 Å². The second-order valence-corrected chi connectivity index (χ2v) is 6.25. The van der Waals surface area contributed by atoms with Crippen molar-refractivity contribution in [2.75, 3.05) is 11.9 Å². The third-order valence-electron chi connectivity index (χ3n) is 2.93. The number of rotatable bonds is 7. The quantitative estimate of drug-likeness (QED) is 0.727. The molecule has 0 radical (unpaired) electrons. The standard InChI is InChI=1S/C14H23BrN2/c1-4-5-6-9-14(2,3)11-17-13-8-7-12(15)10-16-13/h7-8,10H,4-6,9,11H2,1-3H3,(H,16,17). The van der Waals surface area contributed by atoms with Gasteiger partial charge in [0, 0.05) is 17.2 Å². The van der Waals surface area contributed by atoms with Crippen LogP contribution in [0.15, 0.2) is 22.8 Å². The molecule has 1 heterocycles. The number of nitrogens with one attached hydrogen (secondary N) is 1. The first-order valence-electron chi connectivity index (χ1n) is 6.39. The molecule has 0 aliphatic heterocycles. The largest absolute Gasteiger partial charge is 0.370 e. The lowest BCUT2D eigenvalue weighted by Crippen LogP contribution is -2.23. The van der Waals surface area contributed by atoms with Crippen molar-refractivity contribution in [2.45, 2.75) is 46.5 Å². The Labute approximate surface area is 113 Å². The number of unbranched alkanes of at least 4 members (excludes halogenated alkanes) is 2. The molecule has 0 bridgehead atoms. The molecule has 0 amide bonds. The monoisotopic (exact) mass is 298 g/mol. The van der Waals surface area contributed by atoms with Crippen LogP contribution in [0, 0.1) is 5.41 Å². The predicted molar refractivity (Wildman–Crippen MR) is 78.3 cm³/mol. The van der Waals surface area contributed by atoms with Crippen molar-refractivity contribution in [3.05, 3.63) is 22.8 Å². The second kappa shape index (κ2) is 7.00. The van der Waals surface area contributed by atoms with E-state index >= 15 is 0 Å². The van der Waals surface area contributed by atoms with E-state index in [4.69, 9.17) is 0 Å². The summed E-state index contributed by atoms with van der Waals surface area (Å²) < 4.78 is 1.02. The Kier molecular flexibility index (Phi) is 5.96. The van der Waals surface area contributed by atoms with Crippen molar-refractivity contribution < 1.29 is 0 Å². The average molecular weight is 299 g/mol. The summed E-state index contributed by atoms with van der Waals surface area (Å²) in [7, 11) is 0. The number of hydrogen-bond donors (Lipinski definition) is 1. The molecule has 2 nitrogen and oxygen atoms in total. The van der Waals surface area contributed by atoms with Crippen LogP contribution in [0.4, 0.5) is 5.82 Å². The fourth-order valence-electron chi connectivity index (χ4n) is 1.75. The summed E-state index contributed by atoms with van der Waals surface area (Å²) in [5.41, 5.74) is 0.337. The molecular formula is C14H23BrN2. The van der Waals surface area contributed by atoms with Gasteiger partial charge in [-0.2, -0.15) is 0 Å². The van der Waals surface area contributed by atoms with E-state index in [1.807, 2.05) is 18.3 Å². The first-order valence-corrected chi connectivity index (χ1v) is 7.18. The SMILES string of the molecule is CCCCCC(C)(C)CNc1ccc(Br)cn1. The van der Waals surface area contributed by atoms with Crippen molar-refractivity contribution in [3.63, 3.8) is 0 Å². The molecule has 1 rings (SSSR count). The maximum Gasteiger partial charge on any atom is 0.125 e. The van der Waals surface area contributed by atoms with Crippen molar-refractivity contribution in [1.29, 1.82) is 0 Å². The zero-order valence-electron chi connectivity index (χ0n) is 11.1. The van der Waals surface area contributed by atoms with Crippen LogP contribution in [0.5, 0.6) is 0 Å². The fourth-order valence-corrected chi connectivity index (χ4v) is 1.99. The zero-order chi connectivity index (χ0) is 12.7. The highest BCUT2D eigenvalue weighted by Crippen LogP contribution is 2.24. The third-order valence-corrected chi connectivity index (χ3v) is 3.40. The molecule has 0 saturated heterocycles. The van der Waals surface area contributed by atoms with Crippen LogP contribution in [0.3, 0.4) is 0 Å². The van der Waals surface area contributed by atoms with Crippen molar-refractivity contribution in [2.24, 2.45) is 5.41 Å². The Morgan fingerprint density at radius 3 is 2.65 bits per heavy atom. The minimum Gasteiger partial charge on any atom is -0.370 e. The summed E-state index contributed by atoms with van der Waals surface area (Å²) in [5.74, 6) is 0.955. The van der Waals surface area contributed by atoms with Gasteiger partial charge in [-0.25, -0.2) is 4.98 Å². The predicted octanol–water partition coefficient (Wildman–Crippen LogP) is 4.86. The van der Waals surface area contributed by atoms with E-state index in [1.165, 1.54) is 25.7 Å². The van der Waals surface area contributed by atoms with E-state index < -0.39 is 0 Å². The Morgan fingerprint density at radius 1 is 1.29 bits per heavy atom. The summed E-state index contributed by atoms with van der Waals surface area (Å²) in [4.78, 5) is 4.32. The van der Waals surface area contributed by atoms with Crippen LogP contribution >= 0.6 is 15.9 Å². The number of nitrogens with zero attached hydrogens (tertiary/aromatic N) is 1. The Balaban J connectivity index is 2.35. The summed E-state index contributed by atoms with van der Waals surface area (Å²) >= 11 is 3.39. The summed E-state index contributed by atoms with van der Waals surface area (Å²) in [6.07, 6.45) is 7.04. The highest BCUT2D eigenvalue weighted by atomic mass is 79.9. The second-order valence-electron chi connectivity index (χ2n) is 5.34. The number of hydrogen-bond acceptors (Lipinski definition) is 2. The number of pyridine rings is 1. The lowest BCUT2D eigenvalue weighted by Gasteiger charge is -2.25. The van der Waals surface area contributed by atoms with Gasteiger partial charge in [0.1, 0.15) is 5.82 Å². The van der Waals surface area contributed by atoms with Crippen molar-refractivity contribution in [1.82, 2.24) is 4.98 Å². The molecular weight excluding hydrogens is 276 g/mol.